The zero-order valence-corrected chi connectivity index (χ0v) is 14.3. The van der Waals surface area contributed by atoms with Crippen LogP contribution in [0.5, 0.6) is 0 Å². The summed E-state index contributed by atoms with van der Waals surface area (Å²) >= 11 is 0. The smallest absolute Gasteiger partial charge is 0.265 e. The predicted molar refractivity (Wildman–Crippen MR) is 96.0 cm³/mol. The van der Waals surface area contributed by atoms with E-state index in [1.807, 2.05) is 24.4 Å². The van der Waals surface area contributed by atoms with Gasteiger partial charge in [0.05, 0.1) is 24.0 Å². The van der Waals surface area contributed by atoms with Crippen molar-refractivity contribution in [3.05, 3.63) is 36.5 Å². The van der Waals surface area contributed by atoms with E-state index in [4.69, 9.17) is 5.26 Å². The third kappa shape index (κ3) is 3.17. The molecule has 2 aromatic heterocycles. The summed E-state index contributed by atoms with van der Waals surface area (Å²) in [6.07, 6.45) is 4.12. The number of hydrogen-bond acceptors (Lipinski definition) is 6. The molecule has 0 aliphatic carbocycles. The van der Waals surface area contributed by atoms with E-state index >= 15 is 0 Å². The summed E-state index contributed by atoms with van der Waals surface area (Å²) in [4.78, 5) is 13.6. The maximum absolute atomic E-state index is 14.9. The molecule has 1 unspecified atom stereocenters. The number of benzene rings is 1. The summed E-state index contributed by atoms with van der Waals surface area (Å²) in [5, 5.41) is 27.4. The summed E-state index contributed by atoms with van der Waals surface area (Å²) in [6.45, 7) is 0.215. The quantitative estimate of drug-likeness (QED) is 0.689. The number of carbonyl (C=O) groups is 1. The molecule has 0 saturated carbocycles. The van der Waals surface area contributed by atoms with Crippen LogP contribution >= 0.6 is 0 Å². The van der Waals surface area contributed by atoms with Gasteiger partial charge >= 0.3 is 0 Å². The van der Waals surface area contributed by atoms with Crippen LogP contribution < -0.4 is 5.32 Å². The van der Waals surface area contributed by atoms with Crippen LogP contribution in [0, 0.1) is 11.5 Å². The van der Waals surface area contributed by atoms with Gasteiger partial charge < -0.3 is 10.2 Å². The second kappa shape index (κ2) is 6.64. The lowest BCUT2D eigenvalue weighted by atomic mass is 9.94. The minimum Gasteiger partial charge on any atom is -0.307 e. The molecule has 1 saturated heterocycles. The Kier molecular flexibility index (Phi) is 4.16. The number of carbonyl (C=O) groups excluding carboxylic acids is 1. The first kappa shape index (κ1) is 16.9. The van der Waals surface area contributed by atoms with Crippen LogP contribution in [0.1, 0.15) is 12.8 Å². The number of fused-ring (bicyclic) bond motifs is 1. The number of aromatic amines is 1. The third-order valence-corrected chi connectivity index (χ3v) is 4.66. The van der Waals surface area contributed by atoms with Crippen molar-refractivity contribution in [1.29, 1.82) is 5.26 Å². The average Bonchev–Trinajstić information content (AvgIpc) is 3.17. The lowest BCUT2D eigenvalue weighted by Crippen LogP contribution is -2.51. The Morgan fingerprint density at radius 1 is 1.33 bits per heavy atom. The largest absolute Gasteiger partial charge is 0.307 e. The number of nitriles is 1. The number of H-pyrrole nitrogens is 1. The first-order valence-corrected chi connectivity index (χ1v) is 8.50. The minimum atomic E-state index is -2.11. The molecule has 4 rings (SSSR count). The highest BCUT2D eigenvalue weighted by atomic mass is 19.1. The summed E-state index contributed by atoms with van der Waals surface area (Å²) in [5.41, 5.74) is 0.232. The number of nitrogens with zero attached hydrogens (tertiary/aromatic N) is 5. The van der Waals surface area contributed by atoms with Gasteiger partial charge in [0.2, 0.25) is 5.67 Å². The molecular formula is C18H16FN7O. The van der Waals surface area contributed by atoms with Gasteiger partial charge in [-0.15, -0.1) is 10.2 Å². The molecule has 1 aliphatic rings. The highest BCUT2D eigenvalue weighted by molar-refractivity contribution is 5.97. The van der Waals surface area contributed by atoms with Gasteiger partial charge in [0.1, 0.15) is 0 Å². The monoisotopic (exact) mass is 365 g/mol. The fraction of sp³-hybridized carbons (Fsp3) is 0.278. The second-order valence-electron chi connectivity index (χ2n) is 6.49. The molecule has 27 heavy (non-hydrogen) atoms. The average molecular weight is 365 g/mol. The van der Waals surface area contributed by atoms with E-state index < -0.39 is 11.6 Å². The van der Waals surface area contributed by atoms with Crippen LogP contribution in [-0.2, 0) is 4.79 Å². The van der Waals surface area contributed by atoms with Gasteiger partial charge in [-0.25, -0.2) is 4.39 Å². The molecule has 3 heterocycles. The molecule has 3 aromatic rings. The highest BCUT2D eigenvalue weighted by Crippen LogP contribution is 2.28. The zero-order chi connectivity index (χ0) is 18.9. The summed E-state index contributed by atoms with van der Waals surface area (Å²) in [5.74, 6) is -0.643. The number of nitrogens with one attached hydrogen (secondary N) is 2. The van der Waals surface area contributed by atoms with Crippen molar-refractivity contribution in [3.8, 4) is 17.5 Å². The van der Waals surface area contributed by atoms with Crippen LogP contribution in [0.15, 0.2) is 36.5 Å². The molecule has 0 spiro atoms. The molecule has 9 heteroatoms. The Hall–Kier alpha value is -3.54. The van der Waals surface area contributed by atoms with Gasteiger partial charge in [0.15, 0.2) is 12.0 Å². The van der Waals surface area contributed by atoms with Crippen LogP contribution in [0.3, 0.4) is 0 Å². The van der Waals surface area contributed by atoms with Crippen molar-refractivity contribution in [3.63, 3.8) is 0 Å². The number of amides is 1. The Morgan fingerprint density at radius 3 is 3.00 bits per heavy atom. The molecule has 1 atom stereocenters. The molecule has 1 aromatic carbocycles. The number of alkyl halides is 1. The van der Waals surface area contributed by atoms with Crippen molar-refractivity contribution < 1.29 is 9.18 Å². The minimum absolute atomic E-state index is 0.0744. The van der Waals surface area contributed by atoms with Crippen molar-refractivity contribution in [2.24, 2.45) is 0 Å². The molecule has 1 fully saturated rings. The van der Waals surface area contributed by atoms with Gasteiger partial charge in [0.25, 0.3) is 5.91 Å². The number of piperidine rings is 1. The van der Waals surface area contributed by atoms with Crippen LogP contribution in [0.2, 0.25) is 0 Å². The van der Waals surface area contributed by atoms with Crippen molar-refractivity contribution >= 4 is 22.6 Å². The summed E-state index contributed by atoms with van der Waals surface area (Å²) < 4.78 is 14.9. The van der Waals surface area contributed by atoms with E-state index in [0.29, 0.717) is 18.7 Å². The van der Waals surface area contributed by atoms with Crippen LogP contribution in [0.25, 0.3) is 22.2 Å². The fourth-order valence-electron chi connectivity index (χ4n) is 3.24. The number of rotatable bonds is 3. The maximum Gasteiger partial charge on any atom is 0.265 e. The number of aromatic nitrogens is 4. The van der Waals surface area contributed by atoms with E-state index in [9.17, 15) is 9.18 Å². The zero-order valence-electron chi connectivity index (χ0n) is 14.3. The predicted octanol–water partition coefficient (Wildman–Crippen LogP) is 2.24. The standard InChI is InChI=1S/C18H16FN7O/c19-18(7-2-8-26(10-18)11-20)17(27)22-16-6-5-15(24-25-16)12-3-1-4-14-13(12)9-21-23-14/h1,3-6,9H,2,7-8,10H2,(H,21,23)(H,22,25,27). The first-order chi connectivity index (χ1) is 13.1. The van der Waals surface area contributed by atoms with Crippen LogP contribution in [-0.4, -0.2) is 50.0 Å². The van der Waals surface area contributed by atoms with Crippen molar-refractivity contribution in [1.82, 2.24) is 25.3 Å². The molecule has 1 aliphatic heterocycles. The van der Waals surface area contributed by atoms with Gasteiger partial charge in [-0.2, -0.15) is 10.4 Å². The molecular weight excluding hydrogens is 349 g/mol. The molecule has 1 amide bonds. The Balaban J connectivity index is 1.52. The van der Waals surface area contributed by atoms with E-state index in [-0.39, 0.29) is 18.8 Å². The van der Waals surface area contributed by atoms with Gasteiger partial charge in [-0.3, -0.25) is 9.89 Å². The number of anilines is 1. The normalized spacial score (nSPS) is 19.6. The summed E-state index contributed by atoms with van der Waals surface area (Å²) in [6, 6.07) is 8.97. The van der Waals surface area contributed by atoms with Crippen molar-refractivity contribution in [2.75, 3.05) is 18.4 Å². The van der Waals surface area contributed by atoms with Gasteiger partial charge in [-0.1, -0.05) is 12.1 Å². The number of hydrogen-bond donors (Lipinski definition) is 2. The van der Waals surface area contributed by atoms with Gasteiger partial charge in [-0.05, 0) is 31.0 Å². The van der Waals surface area contributed by atoms with Crippen LogP contribution in [0.4, 0.5) is 10.2 Å². The topological polar surface area (TPSA) is 111 Å². The van der Waals surface area contributed by atoms with Gasteiger partial charge in [0, 0.05) is 17.5 Å². The Bertz CT molecular complexity index is 1030. The SMILES string of the molecule is N#CN1CCCC(F)(C(=O)Nc2ccc(-c3cccc4[nH]ncc34)nn2)C1. The maximum atomic E-state index is 14.9. The molecule has 0 radical (unpaired) electrons. The first-order valence-electron chi connectivity index (χ1n) is 8.50. The molecule has 0 bridgehead atoms. The lowest BCUT2D eigenvalue weighted by Gasteiger charge is -2.32. The summed E-state index contributed by atoms with van der Waals surface area (Å²) in [7, 11) is 0. The number of likely N-dealkylation sites (tertiary alicyclic amines) is 1. The Morgan fingerprint density at radius 2 is 2.22 bits per heavy atom. The fourth-order valence-corrected chi connectivity index (χ4v) is 3.24. The highest BCUT2D eigenvalue weighted by Gasteiger charge is 2.42. The van der Waals surface area contributed by atoms with E-state index in [2.05, 4.69) is 25.7 Å². The molecule has 8 nitrogen and oxygen atoms in total. The lowest BCUT2D eigenvalue weighted by molar-refractivity contribution is -0.130. The second-order valence-corrected chi connectivity index (χ2v) is 6.49. The Labute approximate surface area is 154 Å². The van der Waals surface area contributed by atoms with E-state index in [1.165, 1.54) is 4.90 Å². The molecule has 2 N–H and O–H groups in total. The van der Waals surface area contributed by atoms with E-state index in [0.717, 1.165) is 16.5 Å². The van der Waals surface area contributed by atoms with Crippen molar-refractivity contribution in [2.45, 2.75) is 18.5 Å². The third-order valence-electron chi connectivity index (χ3n) is 4.66. The van der Waals surface area contributed by atoms with E-state index in [1.54, 1.807) is 18.3 Å². The molecule has 136 valence electrons. The number of halogens is 1.